The summed E-state index contributed by atoms with van der Waals surface area (Å²) in [5, 5.41) is 20.2. The molecule has 0 amide bonds. The first-order valence-corrected chi connectivity index (χ1v) is 6.66. The van der Waals surface area contributed by atoms with Gasteiger partial charge in [-0.25, -0.2) is 14.5 Å². The molecule has 11 heteroatoms. The number of rotatable bonds is 4. The van der Waals surface area contributed by atoms with E-state index in [1.165, 1.54) is 32.1 Å². The highest BCUT2D eigenvalue weighted by Gasteiger charge is 2.18. The highest BCUT2D eigenvalue weighted by atomic mass is 32.1. The van der Waals surface area contributed by atoms with Gasteiger partial charge in [0.05, 0.1) is 17.9 Å². The van der Waals surface area contributed by atoms with Crippen LogP contribution in [0.1, 0.15) is 21.9 Å². The summed E-state index contributed by atoms with van der Waals surface area (Å²) in [6, 6.07) is 1.31. The molecule has 21 heavy (non-hydrogen) atoms. The fourth-order valence-corrected chi connectivity index (χ4v) is 2.51. The zero-order valence-corrected chi connectivity index (χ0v) is 11.3. The van der Waals surface area contributed by atoms with Crippen molar-refractivity contribution in [2.24, 2.45) is 5.73 Å². The number of carboxylic acid groups (broad SMARTS) is 1. The molecule has 0 unspecified atom stereocenters. The van der Waals surface area contributed by atoms with Crippen molar-refractivity contribution in [2.75, 3.05) is 0 Å². The molecule has 0 aliphatic rings. The highest BCUT2D eigenvalue weighted by molar-refractivity contribution is 7.14. The van der Waals surface area contributed by atoms with Crippen LogP contribution in [0.25, 0.3) is 4.96 Å². The van der Waals surface area contributed by atoms with Crippen LogP contribution in [0.5, 0.6) is 0 Å². The van der Waals surface area contributed by atoms with E-state index in [0.717, 1.165) is 0 Å². The summed E-state index contributed by atoms with van der Waals surface area (Å²) in [6.07, 6.45) is 0. The summed E-state index contributed by atoms with van der Waals surface area (Å²) < 4.78 is 2.50. The van der Waals surface area contributed by atoms with Gasteiger partial charge in [-0.2, -0.15) is 9.61 Å². The van der Waals surface area contributed by atoms with Crippen molar-refractivity contribution in [1.29, 1.82) is 0 Å². The second-order valence-electron chi connectivity index (χ2n) is 4.07. The number of aromatic carboxylic acids is 1. The lowest BCUT2D eigenvalue weighted by Crippen LogP contribution is -2.18. The van der Waals surface area contributed by atoms with Gasteiger partial charge >= 0.3 is 5.97 Å². The predicted octanol–water partition coefficient (Wildman–Crippen LogP) is -1.05. The van der Waals surface area contributed by atoms with Crippen LogP contribution in [-0.4, -0.2) is 40.7 Å². The van der Waals surface area contributed by atoms with Crippen molar-refractivity contribution in [3.05, 3.63) is 39.0 Å². The Morgan fingerprint density at radius 2 is 2.29 bits per heavy atom. The van der Waals surface area contributed by atoms with Crippen molar-refractivity contribution in [3.63, 3.8) is 0 Å². The number of fused-ring (bicyclic) bond motifs is 1. The Labute approximate surface area is 120 Å². The third-order valence-electron chi connectivity index (χ3n) is 2.79. The SMILES string of the molecule is NCc1c(C(=O)O)nnn1Cc1cc(=O)n2ncsc2n1. The molecule has 0 bridgehead atoms. The minimum Gasteiger partial charge on any atom is -0.476 e. The zero-order chi connectivity index (χ0) is 15.0. The Hall–Kier alpha value is -2.66. The summed E-state index contributed by atoms with van der Waals surface area (Å²) in [7, 11) is 0. The molecular formula is C10H9N7O3S. The summed E-state index contributed by atoms with van der Waals surface area (Å²) in [5.41, 5.74) is 7.23. The molecule has 108 valence electrons. The average Bonchev–Trinajstić information content (AvgIpc) is 3.05. The van der Waals surface area contributed by atoms with Crippen LogP contribution >= 0.6 is 11.3 Å². The molecule has 0 fully saturated rings. The maximum absolute atomic E-state index is 11.8. The van der Waals surface area contributed by atoms with E-state index in [1.807, 2.05) is 0 Å². The second-order valence-corrected chi connectivity index (χ2v) is 4.88. The van der Waals surface area contributed by atoms with Gasteiger partial charge < -0.3 is 10.8 Å². The molecule has 0 saturated heterocycles. The molecule has 0 aliphatic heterocycles. The van der Waals surface area contributed by atoms with E-state index in [4.69, 9.17) is 10.8 Å². The Kier molecular flexibility index (Phi) is 3.19. The van der Waals surface area contributed by atoms with Gasteiger partial charge in [-0.15, -0.1) is 5.10 Å². The van der Waals surface area contributed by atoms with Gasteiger partial charge in [0.1, 0.15) is 5.51 Å². The molecule has 0 saturated carbocycles. The lowest BCUT2D eigenvalue weighted by molar-refractivity contribution is 0.0689. The monoisotopic (exact) mass is 307 g/mol. The summed E-state index contributed by atoms with van der Waals surface area (Å²) in [6.45, 7) is 0.0763. The molecule has 3 aromatic rings. The number of nitrogens with zero attached hydrogens (tertiary/aromatic N) is 6. The Morgan fingerprint density at radius 3 is 3.00 bits per heavy atom. The van der Waals surface area contributed by atoms with Gasteiger partial charge in [0.15, 0.2) is 5.69 Å². The molecule has 0 spiro atoms. The van der Waals surface area contributed by atoms with E-state index < -0.39 is 5.97 Å². The van der Waals surface area contributed by atoms with Crippen LogP contribution in [0.3, 0.4) is 0 Å². The largest absolute Gasteiger partial charge is 0.476 e. The summed E-state index contributed by atoms with van der Waals surface area (Å²) >= 11 is 1.22. The van der Waals surface area contributed by atoms with Crippen LogP contribution in [-0.2, 0) is 13.1 Å². The second kappa shape index (κ2) is 5.03. The number of carbonyl (C=O) groups is 1. The molecule has 3 heterocycles. The van der Waals surface area contributed by atoms with Gasteiger partial charge in [0.2, 0.25) is 4.96 Å². The quantitative estimate of drug-likeness (QED) is 0.621. The molecular weight excluding hydrogens is 298 g/mol. The van der Waals surface area contributed by atoms with Gasteiger partial charge in [-0.3, -0.25) is 4.79 Å². The number of nitrogens with two attached hydrogens (primary N) is 1. The maximum atomic E-state index is 11.8. The minimum atomic E-state index is -1.20. The third-order valence-corrected chi connectivity index (χ3v) is 3.46. The number of carboxylic acids is 1. The first-order chi connectivity index (χ1) is 10.1. The number of hydrogen-bond donors (Lipinski definition) is 2. The Morgan fingerprint density at radius 1 is 1.48 bits per heavy atom. The normalized spacial score (nSPS) is 11.1. The average molecular weight is 307 g/mol. The van der Waals surface area contributed by atoms with E-state index in [-0.39, 0.29) is 30.0 Å². The standard InChI is InChI=1S/C10H9N7O3S/c11-2-6-8(9(19)20)14-15-16(6)3-5-1-7(18)17-10(13-5)21-4-12-17/h1,4H,2-3,11H2,(H,19,20). The smallest absolute Gasteiger partial charge is 0.358 e. The molecule has 0 aromatic carbocycles. The first kappa shape index (κ1) is 13.3. The maximum Gasteiger partial charge on any atom is 0.358 e. The van der Waals surface area contributed by atoms with Crippen molar-refractivity contribution < 1.29 is 9.90 Å². The van der Waals surface area contributed by atoms with E-state index in [1.54, 1.807) is 0 Å². The van der Waals surface area contributed by atoms with Crippen molar-refractivity contribution >= 4 is 22.3 Å². The molecule has 0 aliphatic carbocycles. The minimum absolute atomic E-state index is 0.0313. The molecule has 0 radical (unpaired) electrons. The van der Waals surface area contributed by atoms with E-state index >= 15 is 0 Å². The van der Waals surface area contributed by atoms with Crippen molar-refractivity contribution in [2.45, 2.75) is 13.1 Å². The van der Waals surface area contributed by atoms with E-state index in [0.29, 0.717) is 10.7 Å². The molecule has 3 rings (SSSR count). The van der Waals surface area contributed by atoms with Gasteiger partial charge in [-0.05, 0) is 0 Å². The highest BCUT2D eigenvalue weighted by Crippen LogP contribution is 2.09. The molecule has 10 nitrogen and oxygen atoms in total. The van der Waals surface area contributed by atoms with Gasteiger partial charge in [0.25, 0.3) is 5.56 Å². The van der Waals surface area contributed by atoms with Crippen molar-refractivity contribution in [1.82, 2.24) is 29.6 Å². The number of aromatic nitrogens is 6. The van der Waals surface area contributed by atoms with Crippen LogP contribution in [0, 0.1) is 0 Å². The fraction of sp³-hybridized carbons (Fsp3) is 0.200. The summed E-state index contributed by atoms with van der Waals surface area (Å²) in [5.74, 6) is -1.20. The first-order valence-electron chi connectivity index (χ1n) is 5.78. The van der Waals surface area contributed by atoms with Crippen LogP contribution < -0.4 is 11.3 Å². The van der Waals surface area contributed by atoms with E-state index in [9.17, 15) is 9.59 Å². The summed E-state index contributed by atoms with van der Waals surface area (Å²) in [4.78, 5) is 27.5. The van der Waals surface area contributed by atoms with E-state index in [2.05, 4.69) is 20.4 Å². The topological polar surface area (TPSA) is 141 Å². The lowest BCUT2D eigenvalue weighted by atomic mass is 10.3. The third kappa shape index (κ3) is 2.28. The molecule has 3 aromatic heterocycles. The number of hydrogen-bond acceptors (Lipinski definition) is 8. The fourth-order valence-electron chi connectivity index (χ4n) is 1.86. The van der Waals surface area contributed by atoms with Crippen molar-refractivity contribution in [3.8, 4) is 0 Å². The Bertz CT molecular complexity index is 880. The Balaban J connectivity index is 2.02. The zero-order valence-electron chi connectivity index (χ0n) is 10.5. The predicted molar refractivity (Wildman–Crippen MR) is 71.1 cm³/mol. The van der Waals surface area contributed by atoms with Crippen LogP contribution in [0.2, 0.25) is 0 Å². The molecule has 3 N–H and O–H groups in total. The van der Waals surface area contributed by atoms with Crippen LogP contribution in [0.15, 0.2) is 16.4 Å². The van der Waals surface area contributed by atoms with Gasteiger partial charge in [0, 0.05) is 12.6 Å². The molecule has 0 atom stereocenters. The van der Waals surface area contributed by atoms with Gasteiger partial charge in [-0.1, -0.05) is 16.6 Å². The van der Waals surface area contributed by atoms with Crippen LogP contribution in [0.4, 0.5) is 0 Å². The lowest BCUT2D eigenvalue weighted by Gasteiger charge is -2.04.